The number of para-hydroxylation sites is 1. The predicted octanol–water partition coefficient (Wildman–Crippen LogP) is 3.26. The number of nitrogens with one attached hydrogen (secondary N) is 1. The quantitative estimate of drug-likeness (QED) is 0.889. The standard InChI is InChI=1S/C15H14N2O/c1-17-15(11-16)12-7-9-14(10-8-12)18-13-5-3-2-4-6-13/h2-10,15,17H,1H3. The van der Waals surface area contributed by atoms with Crippen molar-refractivity contribution in [2.75, 3.05) is 7.05 Å². The summed E-state index contributed by atoms with van der Waals surface area (Å²) in [7, 11) is 1.77. The topological polar surface area (TPSA) is 45.0 Å². The van der Waals surface area contributed by atoms with E-state index in [0.717, 1.165) is 17.1 Å². The molecule has 2 rings (SSSR count). The number of benzene rings is 2. The minimum Gasteiger partial charge on any atom is -0.457 e. The van der Waals surface area contributed by atoms with Crippen LogP contribution in [0.5, 0.6) is 11.5 Å². The van der Waals surface area contributed by atoms with E-state index in [0.29, 0.717) is 0 Å². The number of nitriles is 1. The molecule has 2 aromatic rings. The molecule has 0 saturated heterocycles. The summed E-state index contributed by atoms with van der Waals surface area (Å²) in [5.74, 6) is 1.56. The SMILES string of the molecule is CNC(C#N)c1ccc(Oc2ccccc2)cc1. The zero-order valence-corrected chi connectivity index (χ0v) is 10.1. The molecule has 0 saturated carbocycles. The normalized spacial score (nSPS) is 11.6. The van der Waals surface area contributed by atoms with Gasteiger partial charge in [-0.15, -0.1) is 0 Å². The summed E-state index contributed by atoms with van der Waals surface area (Å²) in [6, 6.07) is 19.0. The van der Waals surface area contributed by atoms with Crippen molar-refractivity contribution in [3.8, 4) is 17.6 Å². The van der Waals surface area contributed by atoms with Gasteiger partial charge in [0.2, 0.25) is 0 Å². The van der Waals surface area contributed by atoms with Gasteiger partial charge in [0.05, 0.1) is 6.07 Å². The van der Waals surface area contributed by atoms with Crippen molar-refractivity contribution >= 4 is 0 Å². The Labute approximate surface area is 107 Å². The Morgan fingerprint density at radius 2 is 1.61 bits per heavy atom. The van der Waals surface area contributed by atoms with Crippen LogP contribution in [0.4, 0.5) is 0 Å². The average Bonchev–Trinajstić information content (AvgIpc) is 2.43. The lowest BCUT2D eigenvalue weighted by Crippen LogP contribution is -2.13. The highest BCUT2D eigenvalue weighted by Crippen LogP contribution is 2.22. The third-order valence-electron chi connectivity index (χ3n) is 2.61. The maximum atomic E-state index is 8.94. The van der Waals surface area contributed by atoms with E-state index >= 15 is 0 Å². The van der Waals surface area contributed by atoms with Crippen LogP contribution in [0.1, 0.15) is 11.6 Å². The molecular formula is C15H14N2O. The Balaban J connectivity index is 2.11. The number of nitrogens with zero attached hydrogens (tertiary/aromatic N) is 1. The van der Waals surface area contributed by atoms with E-state index in [9.17, 15) is 0 Å². The molecule has 0 aliphatic heterocycles. The van der Waals surface area contributed by atoms with Crippen molar-refractivity contribution in [1.29, 1.82) is 5.26 Å². The van der Waals surface area contributed by atoms with E-state index in [2.05, 4.69) is 11.4 Å². The first-order chi connectivity index (χ1) is 8.83. The fraction of sp³-hybridized carbons (Fsp3) is 0.133. The zero-order chi connectivity index (χ0) is 12.8. The van der Waals surface area contributed by atoms with Crippen LogP contribution in [0, 0.1) is 11.3 Å². The van der Waals surface area contributed by atoms with E-state index in [-0.39, 0.29) is 6.04 Å². The number of hydrogen-bond acceptors (Lipinski definition) is 3. The Bertz CT molecular complexity index is 529. The second-order valence-corrected chi connectivity index (χ2v) is 3.83. The summed E-state index contributed by atoms with van der Waals surface area (Å²) in [5, 5.41) is 11.9. The third kappa shape index (κ3) is 2.88. The van der Waals surface area contributed by atoms with E-state index < -0.39 is 0 Å². The molecule has 18 heavy (non-hydrogen) atoms. The number of ether oxygens (including phenoxy) is 1. The molecule has 3 heteroatoms. The van der Waals surface area contributed by atoms with Crippen molar-refractivity contribution < 1.29 is 4.74 Å². The van der Waals surface area contributed by atoms with Gasteiger partial charge in [-0.1, -0.05) is 30.3 Å². The van der Waals surface area contributed by atoms with Gasteiger partial charge >= 0.3 is 0 Å². The van der Waals surface area contributed by atoms with Crippen LogP contribution in [-0.4, -0.2) is 7.05 Å². The van der Waals surface area contributed by atoms with Crippen LogP contribution in [0.3, 0.4) is 0 Å². The van der Waals surface area contributed by atoms with E-state index in [1.165, 1.54) is 0 Å². The molecule has 0 spiro atoms. The van der Waals surface area contributed by atoms with Crippen molar-refractivity contribution in [3.05, 3.63) is 60.2 Å². The van der Waals surface area contributed by atoms with E-state index in [1.807, 2.05) is 54.6 Å². The van der Waals surface area contributed by atoms with Gasteiger partial charge < -0.3 is 10.1 Å². The summed E-state index contributed by atoms with van der Waals surface area (Å²) >= 11 is 0. The molecule has 0 bridgehead atoms. The zero-order valence-electron chi connectivity index (χ0n) is 10.1. The molecule has 1 atom stereocenters. The van der Waals surface area contributed by atoms with Crippen LogP contribution >= 0.6 is 0 Å². The van der Waals surface area contributed by atoms with Crippen molar-refractivity contribution in [2.24, 2.45) is 0 Å². The van der Waals surface area contributed by atoms with Crippen LogP contribution in [0.25, 0.3) is 0 Å². The van der Waals surface area contributed by atoms with Crippen LogP contribution < -0.4 is 10.1 Å². The molecule has 90 valence electrons. The van der Waals surface area contributed by atoms with Crippen molar-refractivity contribution in [2.45, 2.75) is 6.04 Å². The van der Waals surface area contributed by atoms with E-state index in [1.54, 1.807) is 7.05 Å². The summed E-state index contributed by atoms with van der Waals surface area (Å²) in [4.78, 5) is 0. The smallest absolute Gasteiger partial charge is 0.127 e. The molecule has 2 aromatic carbocycles. The molecule has 0 amide bonds. The van der Waals surface area contributed by atoms with Crippen molar-refractivity contribution in [3.63, 3.8) is 0 Å². The van der Waals surface area contributed by atoms with Crippen LogP contribution in [0.2, 0.25) is 0 Å². The molecule has 0 radical (unpaired) electrons. The molecular weight excluding hydrogens is 224 g/mol. The predicted molar refractivity (Wildman–Crippen MR) is 70.4 cm³/mol. The minimum atomic E-state index is -0.282. The molecule has 0 aliphatic carbocycles. The molecule has 1 N–H and O–H groups in total. The molecule has 0 fully saturated rings. The first-order valence-electron chi connectivity index (χ1n) is 5.73. The number of hydrogen-bond donors (Lipinski definition) is 1. The largest absolute Gasteiger partial charge is 0.457 e. The number of rotatable bonds is 4. The van der Waals surface area contributed by atoms with Crippen LogP contribution in [-0.2, 0) is 0 Å². The summed E-state index contributed by atoms with van der Waals surface area (Å²) in [6.45, 7) is 0. The fourth-order valence-corrected chi connectivity index (χ4v) is 1.66. The lowest BCUT2D eigenvalue weighted by atomic mass is 10.1. The molecule has 0 heterocycles. The summed E-state index contributed by atoms with van der Waals surface area (Å²) in [5.41, 5.74) is 0.931. The van der Waals surface area contributed by atoms with Gasteiger partial charge in [-0.3, -0.25) is 0 Å². The second kappa shape index (κ2) is 5.85. The summed E-state index contributed by atoms with van der Waals surface area (Å²) in [6.07, 6.45) is 0. The Kier molecular flexibility index (Phi) is 3.95. The maximum absolute atomic E-state index is 8.94. The fourth-order valence-electron chi connectivity index (χ4n) is 1.66. The lowest BCUT2D eigenvalue weighted by molar-refractivity contribution is 0.482. The van der Waals surface area contributed by atoms with Gasteiger partial charge in [0.25, 0.3) is 0 Å². The Morgan fingerprint density at radius 1 is 1.00 bits per heavy atom. The highest BCUT2D eigenvalue weighted by Gasteiger charge is 2.07. The van der Waals surface area contributed by atoms with Gasteiger partial charge in [0, 0.05) is 0 Å². The third-order valence-corrected chi connectivity index (χ3v) is 2.61. The first-order valence-corrected chi connectivity index (χ1v) is 5.73. The highest BCUT2D eigenvalue weighted by molar-refractivity contribution is 5.35. The van der Waals surface area contributed by atoms with Gasteiger partial charge in [-0.25, -0.2) is 0 Å². The van der Waals surface area contributed by atoms with Gasteiger partial charge in [-0.2, -0.15) is 5.26 Å². The monoisotopic (exact) mass is 238 g/mol. The minimum absolute atomic E-state index is 0.282. The molecule has 0 aliphatic rings. The Morgan fingerprint density at radius 3 is 2.17 bits per heavy atom. The summed E-state index contributed by atoms with van der Waals surface area (Å²) < 4.78 is 5.68. The molecule has 0 aromatic heterocycles. The first kappa shape index (κ1) is 12.2. The Hall–Kier alpha value is -2.31. The molecule has 3 nitrogen and oxygen atoms in total. The van der Waals surface area contributed by atoms with E-state index in [4.69, 9.17) is 10.00 Å². The average molecular weight is 238 g/mol. The molecule has 1 unspecified atom stereocenters. The highest BCUT2D eigenvalue weighted by atomic mass is 16.5. The van der Waals surface area contributed by atoms with Gasteiger partial charge in [0.15, 0.2) is 0 Å². The lowest BCUT2D eigenvalue weighted by Gasteiger charge is -2.09. The second-order valence-electron chi connectivity index (χ2n) is 3.83. The van der Waals surface area contributed by atoms with Gasteiger partial charge in [-0.05, 0) is 36.9 Å². The van der Waals surface area contributed by atoms with Crippen LogP contribution in [0.15, 0.2) is 54.6 Å². The van der Waals surface area contributed by atoms with Crippen molar-refractivity contribution in [1.82, 2.24) is 5.32 Å². The maximum Gasteiger partial charge on any atom is 0.127 e. The van der Waals surface area contributed by atoms with Gasteiger partial charge in [0.1, 0.15) is 17.5 Å².